The van der Waals surface area contributed by atoms with Gasteiger partial charge in [0.1, 0.15) is 5.76 Å². The van der Waals surface area contributed by atoms with E-state index < -0.39 is 5.97 Å². The number of hydrogen-bond donors (Lipinski definition) is 2. The summed E-state index contributed by atoms with van der Waals surface area (Å²) >= 11 is 5.77. The summed E-state index contributed by atoms with van der Waals surface area (Å²) in [5, 5.41) is 12.5. The van der Waals surface area contributed by atoms with Gasteiger partial charge in [-0.15, -0.1) is 0 Å². The van der Waals surface area contributed by atoms with Crippen molar-refractivity contribution in [3.63, 3.8) is 0 Å². The number of carboxylic acids is 1. The number of anilines is 1. The largest absolute Gasteiger partial charge is 0.478 e. The lowest BCUT2D eigenvalue weighted by Gasteiger charge is -2.09. The van der Waals surface area contributed by atoms with E-state index in [-0.39, 0.29) is 5.56 Å². The van der Waals surface area contributed by atoms with Crippen molar-refractivity contribution in [1.29, 1.82) is 0 Å². The van der Waals surface area contributed by atoms with Crippen LogP contribution in [-0.2, 0) is 6.42 Å². The Morgan fingerprint density at radius 2 is 2.22 bits per heavy atom. The van der Waals surface area contributed by atoms with Crippen molar-refractivity contribution >= 4 is 23.3 Å². The van der Waals surface area contributed by atoms with Gasteiger partial charge in [-0.3, -0.25) is 0 Å². The Balaban J connectivity index is 2.02. The van der Waals surface area contributed by atoms with Gasteiger partial charge in [0.2, 0.25) is 0 Å². The first kappa shape index (κ1) is 12.5. The minimum Gasteiger partial charge on any atom is -0.478 e. The zero-order valence-electron chi connectivity index (χ0n) is 9.52. The van der Waals surface area contributed by atoms with Gasteiger partial charge in [0.25, 0.3) is 0 Å². The van der Waals surface area contributed by atoms with Crippen LogP contribution in [0, 0.1) is 0 Å². The molecule has 0 unspecified atom stereocenters. The molecule has 0 aliphatic carbocycles. The molecule has 4 nitrogen and oxygen atoms in total. The summed E-state index contributed by atoms with van der Waals surface area (Å²) in [7, 11) is 0. The van der Waals surface area contributed by atoms with Crippen molar-refractivity contribution < 1.29 is 14.3 Å². The van der Waals surface area contributed by atoms with Gasteiger partial charge >= 0.3 is 5.97 Å². The van der Waals surface area contributed by atoms with Gasteiger partial charge in [0, 0.05) is 23.7 Å². The van der Waals surface area contributed by atoms with Gasteiger partial charge in [-0.05, 0) is 30.3 Å². The molecule has 0 aliphatic heterocycles. The van der Waals surface area contributed by atoms with Gasteiger partial charge in [0.15, 0.2) is 0 Å². The quantitative estimate of drug-likeness (QED) is 0.871. The van der Waals surface area contributed by atoms with E-state index in [2.05, 4.69) is 5.32 Å². The van der Waals surface area contributed by atoms with Gasteiger partial charge in [-0.25, -0.2) is 4.79 Å². The smallest absolute Gasteiger partial charge is 0.337 e. The summed E-state index contributed by atoms with van der Waals surface area (Å²) < 4.78 is 5.19. The predicted octanol–water partition coefficient (Wildman–Crippen LogP) is 3.29. The van der Waals surface area contributed by atoms with Gasteiger partial charge in [-0.1, -0.05) is 11.6 Å². The Morgan fingerprint density at radius 3 is 2.89 bits per heavy atom. The fourth-order valence-corrected chi connectivity index (χ4v) is 1.79. The fourth-order valence-electron chi connectivity index (χ4n) is 1.62. The number of carboxylic acid groups (broad SMARTS) is 1. The molecule has 0 radical (unpaired) electrons. The molecular weight excluding hydrogens is 254 g/mol. The Hall–Kier alpha value is -1.94. The average Bonchev–Trinajstić information content (AvgIpc) is 2.84. The molecule has 0 spiro atoms. The molecule has 0 saturated heterocycles. The first-order valence-electron chi connectivity index (χ1n) is 5.46. The van der Waals surface area contributed by atoms with E-state index in [1.807, 2.05) is 12.1 Å². The molecule has 2 rings (SSSR count). The van der Waals surface area contributed by atoms with Crippen molar-refractivity contribution in [2.45, 2.75) is 6.42 Å². The number of hydrogen-bond acceptors (Lipinski definition) is 3. The topological polar surface area (TPSA) is 62.5 Å². The molecule has 1 heterocycles. The number of aromatic carboxylic acids is 1. The predicted molar refractivity (Wildman–Crippen MR) is 69.3 cm³/mol. The van der Waals surface area contributed by atoms with Crippen LogP contribution in [0.25, 0.3) is 0 Å². The molecule has 0 aliphatic rings. The van der Waals surface area contributed by atoms with E-state index in [0.29, 0.717) is 23.7 Å². The summed E-state index contributed by atoms with van der Waals surface area (Å²) in [6.07, 6.45) is 2.30. The summed E-state index contributed by atoms with van der Waals surface area (Å²) in [4.78, 5) is 11.0. The van der Waals surface area contributed by atoms with Crippen LogP contribution in [-0.4, -0.2) is 17.6 Å². The maximum Gasteiger partial charge on any atom is 0.337 e. The lowest BCUT2D eigenvalue weighted by Crippen LogP contribution is -2.09. The zero-order valence-corrected chi connectivity index (χ0v) is 10.3. The van der Waals surface area contributed by atoms with Crippen LogP contribution < -0.4 is 5.32 Å². The average molecular weight is 266 g/mol. The molecule has 2 N–H and O–H groups in total. The van der Waals surface area contributed by atoms with E-state index in [1.54, 1.807) is 18.4 Å². The Bertz CT molecular complexity index is 537. The van der Waals surface area contributed by atoms with Crippen molar-refractivity contribution in [3.8, 4) is 0 Å². The maximum absolute atomic E-state index is 11.0. The highest BCUT2D eigenvalue weighted by atomic mass is 35.5. The Labute approximate surface area is 109 Å². The number of benzene rings is 1. The van der Waals surface area contributed by atoms with Crippen LogP contribution >= 0.6 is 11.6 Å². The third-order valence-electron chi connectivity index (χ3n) is 2.48. The third kappa shape index (κ3) is 3.05. The first-order valence-corrected chi connectivity index (χ1v) is 5.83. The standard InChI is InChI=1S/C13H12ClNO3/c14-9-3-4-12(11(8-9)13(16)17)15-6-5-10-2-1-7-18-10/h1-4,7-8,15H,5-6H2,(H,16,17). The second-order valence-electron chi connectivity index (χ2n) is 3.75. The molecule has 0 amide bonds. The Kier molecular flexibility index (Phi) is 3.89. The maximum atomic E-state index is 11.0. The molecule has 0 fully saturated rings. The molecule has 0 atom stereocenters. The molecular formula is C13H12ClNO3. The minimum absolute atomic E-state index is 0.168. The zero-order chi connectivity index (χ0) is 13.0. The fraction of sp³-hybridized carbons (Fsp3) is 0.154. The van der Waals surface area contributed by atoms with Gasteiger partial charge in [-0.2, -0.15) is 0 Å². The second kappa shape index (κ2) is 5.60. The highest BCUT2D eigenvalue weighted by Gasteiger charge is 2.10. The number of rotatable bonds is 5. The highest BCUT2D eigenvalue weighted by molar-refractivity contribution is 6.31. The first-order chi connectivity index (χ1) is 8.66. The summed E-state index contributed by atoms with van der Waals surface area (Å²) in [5.74, 6) is -0.147. The summed E-state index contributed by atoms with van der Waals surface area (Å²) in [5.41, 5.74) is 0.723. The minimum atomic E-state index is -1.00. The normalized spacial score (nSPS) is 10.3. The van der Waals surface area contributed by atoms with Crippen LogP contribution in [0.5, 0.6) is 0 Å². The number of nitrogens with one attached hydrogen (secondary N) is 1. The van der Waals surface area contributed by atoms with Crippen LogP contribution in [0.3, 0.4) is 0 Å². The van der Waals surface area contributed by atoms with E-state index >= 15 is 0 Å². The van der Waals surface area contributed by atoms with Gasteiger partial charge in [0.05, 0.1) is 11.8 Å². The Morgan fingerprint density at radius 1 is 1.39 bits per heavy atom. The van der Waals surface area contributed by atoms with E-state index in [1.165, 1.54) is 6.07 Å². The lowest BCUT2D eigenvalue weighted by molar-refractivity contribution is 0.0698. The van der Waals surface area contributed by atoms with Crippen LogP contribution in [0.15, 0.2) is 41.0 Å². The van der Waals surface area contributed by atoms with Crippen molar-refractivity contribution in [2.75, 3.05) is 11.9 Å². The number of carbonyl (C=O) groups is 1. The van der Waals surface area contributed by atoms with Crippen LogP contribution in [0.1, 0.15) is 16.1 Å². The summed E-state index contributed by atoms with van der Waals surface area (Å²) in [6.45, 7) is 0.593. The molecule has 1 aromatic heterocycles. The molecule has 94 valence electrons. The second-order valence-corrected chi connectivity index (χ2v) is 4.19. The third-order valence-corrected chi connectivity index (χ3v) is 2.71. The SMILES string of the molecule is O=C(O)c1cc(Cl)ccc1NCCc1ccco1. The molecule has 1 aromatic carbocycles. The lowest BCUT2D eigenvalue weighted by atomic mass is 10.1. The molecule has 0 saturated carbocycles. The van der Waals surface area contributed by atoms with Crippen molar-refractivity contribution in [2.24, 2.45) is 0 Å². The molecule has 0 bridgehead atoms. The van der Waals surface area contributed by atoms with Crippen LogP contribution in [0.2, 0.25) is 5.02 Å². The number of halogens is 1. The highest BCUT2D eigenvalue weighted by Crippen LogP contribution is 2.20. The van der Waals surface area contributed by atoms with E-state index in [0.717, 1.165) is 5.76 Å². The van der Waals surface area contributed by atoms with Crippen molar-refractivity contribution in [3.05, 3.63) is 52.9 Å². The number of furan rings is 1. The van der Waals surface area contributed by atoms with Crippen molar-refractivity contribution in [1.82, 2.24) is 0 Å². The molecule has 5 heteroatoms. The van der Waals surface area contributed by atoms with Gasteiger partial charge < -0.3 is 14.8 Å². The molecule has 2 aromatic rings. The molecule has 18 heavy (non-hydrogen) atoms. The van der Waals surface area contributed by atoms with E-state index in [9.17, 15) is 4.79 Å². The monoisotopic (exact) mass is 265 g/mol. The summed E-state index contributed by atoms with van der Waals surface area (Å²) in [6, 6.07) is 8.44. The van der Waals surface area contributed by atoms with E-state index in [4.69, 9.17) is 21.1 Å². The van der Waals surface area contributed by atoms with Crippen LogP contribution in [0.4, 0.5) is 5.69 Å².